The minimum absolute atomic E-state index is 0.670. The van der Waals surface area contributed by atoms with Crippen molar-refractivity contribution in [1.29, 1.82) is 0 Å². The van der Waals surface area contributed by atoms with Crippen molar-refractivity contribution in [3.8, 4) is 17.2 Å². The van der Waals surface area contributed by atoms with Crippen LogP contribution in [0.25, 0.3) is 22.8 Å². The van der Waals surface area contributed by atoms with Gasteiger partial charge in [-0.25, -0.2) is 9.97 Å². The predicted molar refractivity (Wildman–Crippen MR) is 105 cm³/mol. The van der Waals surface area contributed by atoms with Gasteiger partial charge in [-0.2, -0.15) is 0 Å². The first-order valence-electron chi connectivity index (χ1n) is 8.33. The molecule has 3 aromatic rings. The van der Waals surface area contributed by atoms with E-state index in [1.165, 1.54) is 0 Å². The highest BCUT2D eigenvalue weighted by Gasteiger charge is 2.16. The number of imidazole rings is 1. The summed E-state index contributed by atoms with van der Waals surface area (Å²) in [5, 5.41) is 0.670. The molecule has 0 saturated heterocycles. The molecule has 0 saturated carbocycles. The van der Waals surface area contributed by atoms with Crippen LogP contribution in [-0.4, -0.2) is 14.5 Å². The first kappa shape index (κ1) is 17.2. The fraction of sp³-hybridized carbons (Fsp3) is 0.143. The summed E-state index contributed by atoms with van der Waals surface area (Å²) in [5.41, 5.74) is 2.88. The second kappa shape index (κ2) is 7.95. The van der Waals surface area contributed by atoms with Gasteiger partial charge in [0.15, 0.2) is 0 Å². The second-order valence-electron chi connectivity index (χ2n) is 5.56. The Hall–Kier alpha value is -2.65. The molecule has 0 amide bonds. The van der Waals surface area contributed by atoms with Gasteiger partial charge in [-0.05, 0) is 43.2 Å². The summed E-state index contributed by atoms with van der Waals surface area (Å²) in [6.45, 7) is 4.13. The van der Waals surface area contributed by atoms with Gasteiger partial charge in [0, 0.05) is 18.0 Å². The largest absolute Gasteiger partial charge is 0.283 e. The topological polar surface area (TPSA) is 30.7 Å². The van der Waals surface area contributed by atoms with Gasteiger partial charge in [0.2, 0.25) is 0 Å². The maximum absolute atomic E-state index is 6.43. The number of nitrogens with zero attached hydrogens (tertiary/aromatic N) is 3. The smallest absolute Gasteiger partial charge is 0.147 e. The van der Waals surface area contributed by atoms with Gasteiger partial charge in [-0.15, -0.1) is 0 Å². The van der Waals surface area contributed by atoms with Gasteiger partial charge in [0.1, 0.15) is 11.6 Å². The summed E-state index contributed by atoms with van der Waals surface area (Å²) in [5.74, 6) is 1.60. The molecule has 25 heavy (non-hydrogen) atoms. The molecule has 1 aromatic carbocycles. The zero-order chi connectivity index (χ0) is 17.6. The molecule has 0 aliphatic rings. The van der Waals surface area contributed by atoms with Crippen molar-refractivity contribution >= 4 is 17.2 Å². The zero-order valence-corrected chi connectivity index (χ0v) is 15.1. The predicted octanol–water partition coefficient (Wildman–Crippen LogP) is 5.96. The van der Waals surface area contributed by atoms with Crippen molar-refractivity contribution < 1.29 is 0 Å². The Bertz CT molecular complexity index is 908. The van der Waals surface area contributed by atoms with E-state index in [1.54, 1.807) is 6.20 Å². The molecule has 0 fully saturated rings. The number of halogens is 1. The van der Waals surface area contributed by atoms with Gasteiger partial charge in [0.05, 0.1) is 10.7 Å². The van der Waals surface area contributed by atoms with Crippen LogP contribution in [0.4, 0.5) is 0 Å². The van der Waals surface area contributed by atoms with E-state index in [4.69, 9.17) is 16.6 Å². The lowest BCUT2D eigenvalue weighted by Gasteiger charge is -2.07. The van der Waals surface area contributed by atoms with E-state index in [0.717, 1.165) is 34.9 Å². The van der Waals surface area contributed by atoms with Crippen molar-refractivity contribution in [3.63, 3.8) is 0 Å². The number of hydrogen-bond donors (Lipinski definition) is 0. The highest BCUT2D eigenvalue weighted by molar-refractivity contribution is 6.33. The number of benzene rings is 1. The van der Waals surface area contributed by atoms with Gasteiger partial charge >= 0.3 is 0 Å². The molecule has 3 nitrogen and oxygen atoms in total. The monoisotopic (exact) mass is 349 g/mol. The van der Waals surface area contributed by atoms with Crippen LogP contribution in [0.2, 0.25) is 5.02 Å². The van der Waals surface area contributed by atoms with E-state index in [1.807, 2.05) is 66.2 Å². The summed E-state index contributed by atoms with van der Waals surface area (Å²) in [4.78, 5) is 9.35. The molecule has 3 rings (SSSR count). The Morgan fingerprint density at radius 1 is 1.16 bits per heavy atom. The third-order valence-corrected chi connectivity index (χ3v) is 4.11. The molecule has 0 radical (unpaired) electrons. The van der Waals surface area contributed by atoms with Gasteiger partial charge in [-0.3, -0.25) is 4.57 Å². The molecule has 0 spiro atoms. The first-order chi connectivity index (χ1) is 12.2. The molecule has 2 aromatic heterocycles. The average molecular weight is 350 g/mol. The molecule has 2 heterocycles. The van der Waals surface area contributed by atoms with E-state index in [2.05, 4.69) is 24.1 Å². The van der Waals surface area contributed by atoms with Crippen LogP contribution in [-0.2, 0) is 0 Å². The minimum atomic E-state index is 0.670. The molecule has 0 aliphatic carbocycles. The lowest BCUT2D eigenvalue weighted by Crippen LogP contribution is -1.98. The van der Waals surface area contributed by atoms with Crippen molar-refractivity contribution in [3.05, 3.63) is 83.8 Å². The molecule has 0 atom stereocenters. The van der Waals surface area contributed by atoms with Gasteiger partial charge in [-0.1, -0.05) is 55.0 Å². The Labute approximate surface area is 153 Å². The van der Waals surface area contributed by atoms with Gasteiger partial charge in [0.25, 0.3) is 0 Å². The van der Waals surface area contributed by atoms with Crippen LogP contribution in [0.3, 0.4) is 0 Å². The molecule has 0 aliphatic heterocycles. The van der Waals surface area contributed by atoms with Crippen LogP contribution in [0, 0.1) is 0 Å². The summed E-state index contributed by atoms with van der Waals surface area (Å²) in [7, 11) is 0. The first-order valence-corrected chi connectivity index (χ1v) is 8.71. The van der Waals surface area contributed by atoms with E-state index < -0.39 is 0 Å². The summed E-state index contributed by atoms with van der Waals surface area (Å²) in [6, 6.07) is 13.6. The van der Waals surface area contributed by atoms with Crippen molar-refractivity contribution in [2.75, 3.05) is 0 Å². The highest BCUT2D eigenvalue weighted by atomic mass is 35.5. The molecule has 4 heteroatoms. The van der Waals surface area contributed by atoms with Crippen LogP contribution in [0.5, 0.6) is 0 Å². The van der Waals surface area contributed by atoms with E-state index in [9.17, 15) is 0 Å². The standard InChI is InChI=1S/C21H20ClN3/c1-3-9-16(10-4-2)19-15-25(20-13-7-8-14-23-20)21(24-19)17-11-5-6-12-18(17)22/h3,5-15H,4H2,1-2H3/b9-3-,16-10+. The third-order valence-electron chi connectivity index (χ3n) is 3.78. The summed E-state index contributed by atoms with van der Waals surface area (Å²) >= 11 is 6.43. The number of aromatic nitrogens is 3. The lowest BCUT2D eigenvalue weighted by molar-refractivity contribution is 1.00. The summed E-state index contributed by atoms with van der Waals surface area (Å²) in [6.07, 6.45) is 11.0. The molecule has 0 N–H and O–H groups in total. The molecule has 0 bridgehead atoms. The Kier molecular flexibility index (Phi) is 5.46. The Morgan fingerprint density at radius 2 is 1.96 bits per heavy atom. The van der Waals surface area contributed by atoms with Gasteiger partial charge < -0.3 is 0 Å². The van der Waals surface area contributed by atoms with Crippen molar-refractivity contribution in [2.24, 2.45) is 0 Å². The second-order valence-corrected chi connectivity index (χ2v) is 5.96. The quantitative estimate of drug-likeness (QED) is 0.532. The average Bonchev–Trinajstić information content (AvgIpc) is 3.08. The molecule has 0 unspecified atom stereocenters. The minimum Gasteiger partial charge on any atom is -0.283 e. The van der Waals surface area contributed by atoms with Crippen LogP contribution < -0.4 is 0 Å². The van der Waals surface area contributed by atoms with Crippen LogP contribution in [0.15, 0.2) is 73.1 Å². The van der Waals surface area contributed by atoms with E-state index in [-0.39, 0.29) is 0 Å². The highest BCUT2D eigenvalue weighted by Crippen LogP contribution is 2.30. The summed E-state index contributed by atoms with van der Waals surface area (Å²) < 4.78 is 1.99. The number of rotatable bonds is 5. The number of allylic oxidation sites excluding steroid dienone is 4. The normalized spacial score (nSPS) is 12.0. The molecular weight excluding hydrogens is 330 g/mol. The van der Waals surface area contributed by atoms with Crippen molar-refractivity contribution in [1.82, 2.24) is 14.5 Å². The Morgan fingerprint density at radius 3 is 2.64 bits per heavy atom. The fourth-order valence-corrected chi connectivity index (χ4v) is 2.90. The number of hydrogen-bond acceptors (Lipinski definition) is 2. The van der Waals surface area contributed by atoms with E-state index in [0.29, 0.717) is 5.02 Å². The number of pyridine rings is 1. The Balaban J connectivity index is 2.22. The van der Waals surface area contributed by atoms with Crippen LogP contribution >= 0.6 is 11.6 Å². The molecular formula is C21H20ClN3. The zero-order valence-electron chi connectivity index (χ0n) is 14.4. The van der Waals surface area contributed by atoms with E-state index >= 15 is 0 Å². The lowest BCUT2D eigenvalue weighted by atomic mass is 10.1. The third kappa shape index (κ3) is 3.72. The van der Waals surface area contributed by atoms with Crippen molar-refractivity contribution in [2.45, 2.75) is 20.3 Å². The van der Waals surface area contributed by atoms with Crippen LogP contribution in [0.1, 0.15) is 26.0 Å². The maximum atomic E-state index is 6.43. The fourth-order valence-electron chi connectivity index (χ4n) is 2.68. The SMILES string of the molecule is C/C=C\C(=C/CC)c1cn(-c2ccccn2)c(-c2ccccc2Cl)n1. The maximum Gasteiger partial charge on any atom is 0.147 e. The molecule has 126 valence electrons.